The van der Waals surface area contributed by atoms with Crippen LogP contribution >= 0.6 is 11.3 Å². The zero-order valence-corrected chi connectivity index (χ0v) is 27.6. The van der Waals surface area contributed by atoms with E-state index in [9.17, 15) is 0 Å². The Hall–Kier alpha value is -6.36. The predicted octanol–water partition coefficient (Wildman–Crippen LogP) is 14.1. The van der Waals surface area contributed by atoms with E-state index in [4.69, 9.17) is 8.83 Å². The lowest BCUT2D eigenvalue weighted by Gasteiger charge is -2.28. The highest BCUT2D eigenvalue weighted by Crippen LogP contribution is 2.49. The number of furan rings is 2. The summed E-state index contributed by atoms with van der Waals surface area (Å²) in [5.41, 5.74) is 8.82. The third-order valence-corrected chi connectivity index (χ3v) is 11.2. The molecule has 3 aromatic heterocycles. The molecule has 0 radical (unpaired) electrons. The molecule has 11 aromatic rings. The molecule has 0 unspecified atom stereocenters. The van der Waals surface area contributed by atoms with Crippen molar-refractivity contribution in [1.82, 2.24) is 0 Å². The van der Waals surface area contributed by atoms with E-state index >= 15 is 0 Å². The lowest BCUT2D eigenvalue weighted by molar-refractivity contribution is 0.669. The molecule has 0 spiro atoms. The predicted molar refractivity (Wildman–Crippen MR) is 212 cm³/mol. The topological polar surface area (TPSA) is 29.5 Å². The molecule has 0 amide bonds. The third-order valence-electron chi connectivity index (χ3n) is 10.1. The Labute approximate surface area is 290 Å². The van der Waals surface area contributed by atoms with Gasteiger partial charge in [-0.3, -0.25) is 0 Å². The van der Waals surface area contributed by atoms with Crippen LogP contribution in [-0.4, -0.2) is 0 Å². The van der Waals surface area contributed by atoms with Crippen molar-refractivity contribution in [3.8, 4) is 11.1 Å². The zero-order valence-electron chi connectivity index (χ0n) is 26.8. The molecule has 0 atom stereocenters. The van der Waals surface area contributed by atoms with Gasteiger partial charge in [-0.25, -0.2) is 0 Å². The van der Waals surface area contributed by atoms with Crippen molar-refractivity contribution in [2.24, 2.45) is 0 Å². The minimum Gasteiger partial charge on any atom is -0.455 e. The molecule has 8 aromatic carbocycles. The number of anilines is 3. The third kappa shape index (κ3) is 3.97. The molecule has 234 valence electrons. The first-order chi connectivity index (χ1) is 24.8. The Morgan fingerprint density at radius 3 is 2.02 bits per heavy atom. The molecular weight excluding hydrogens is 631 g/mol. The molecular formula is C46H27NO2S. The van der Waals surface area contributed by atoms with Crippen LogP contribution < -0.4 is 4.90 Å². The molecule has 0 N–H and O–H groups in total. The van der Waals surface area contributed by atoms with E-state index in [1.54, 1.807) is 0 Å². The van der Waals surface area contributed by atoms with Crippen LogP contribution in [0.4, 0.5) is 17.1 Å². The zero-order chi connectivity index (χ0) is 32.8. The molecule has 0 saturated carbocycles. The Morgan fingerprint density at radius 2 is 1.06 bits per heavy atom. The average Bonchev–Trinajstić information content (AvgIpc) is 3.87. The van der Waals surface area contributed by atoms with Gasteiger partial charge in [-0.1, -0.05) is 115 Å². The van der Waals surface area contributed by atoms with Crippen molar-refractivity contribution in [3.05, 3.63) is 164 Å². The molecule has 0 aliphatic heterocycles. The minimum atomic E-state index is 0.846. The molecule has 0 aliphatic rings. The monoisotopic (exact) mass is 657 g/mol. The molecule has 11 rings (SSSR count). The van der Waals surface area contributed by atoms with Crippen molar-refractivity contribution in [2.75, 3.05) is 4.90 Å². The van der Waals surface area contributed by atoms with Crippen LogP contribution in [0.1, 0.15) is 0 Å². The van der Waals surface area contributed by atoms with Crippen LogP contribution in [0, 0.1) is 0 Å². The number of benzene rings is 8. The Balaban J connectivity index is 1.23. The van der Waals surface area contributed by atoms with Crippen molar-refractivity contribution < 1.29 is 8.83 Å². The van der Waals surface area contributed by atoms with Gasteiger partial charge in [-0.15, -0.1) is 11.3 Å². The standard InChI is InChI=1S/C46H27NO2S/c1-2-13-31-28(11-1)23-26-36-44-38(18-10-21-41(44)49-45(31)36)47(39-19-9-16-35-32-14-4-7-20-40(32)48-46(35)39)37-17-6-3-12-30(37)29-24-25-34-33-15-5-8-22-42(33)50-43(34)27-29/h1-27H. The summed E-state index contributed by atoms with van der Waals surface area (Å²) >= 11 is 1.85. The van der Waals surface area contributed by atoms with E-state index < -0.39 is 0 Å². The Bertz CT molecular complexity index is 3130. The van der Waals surface area contributed by atoms with Gasteiger partial charge < -0.3 is 13.7 Å². The van der Waals surface area contributed by atoms with Crippen molar-refractivity contribution in [3.63, 3.8) is 0 Å². The van der Waals surface area contributed by atoms with Crippen LogP contribution in [0.5, 0.6) is 0 Å². The van der Waals surface area contributed by atoms with Gasteiger partial charge >= 0.3 is 0 Å². The van der Waals surface area contributed by atoms with E-state index in [-0.39, 0.29) is 0 Å². The molecule has 0 saturated heterocycles. The van der Waals surface area contributed by atoms with E-state index in [1.165, 1.54) is 20.2 Å². The smallest absolute Gasteiger partial charge is 0.159 e. The van der Waals surface area contributed by atoms with Crippen LogP contribution in [0.3, 0.4) is 0 Å². The van der Waals surface area contributed by atoms with E-state index in [1.807, 2.05) is 23.5 Å². The van der Waals surface area contributed by atoms with Crippen LogP contribution in [-0.2, 0) is 0 Å². The fourth-order valence-electron chi connectivity index (χ4n) is 7.83. The van der Waals surface area contributed by atoms with Gasteiger partial charge in [0.1, 0.15) is 16.7 Å². The number of nitrogens with zero attached hydrogens (tertiary/aromatic N) is 1. The van der Waals surface area contributed by atoms with Gasteiger partial charge in [0.05, 0.1) is 22.4 Å². The number of hydrogen-bond acceptors (Lipinski definition) is 4. The lowest BCUT2D eigenvalue weighted by Crippen LogP contribution is -2.12. The average molecular weight is 658 g/mol. The summed E-state index contributed by atoms with van der Waals surface area (Å²) in [6, 6.07) is 58.3. The van der Waals surface area contributed by atoms with Crippen molar-refractivity contribution in [2.45, 2.75) is 0 Å². The van der Waals surface area contributed by atoms with Crippen LogP contribution in [0.15, 0.2) is 173 Å². The highest BCUT2D eigenvalue weighted by Gasteiger charge is 2.25. The Morgan fingerprint density at radius 1 is 0.400 bits per heavy atom. The highest BCUT2D eigenvalue weighted by atomic mass is 32.1. The first-order valence-corrected chi connectivity index (χ1v) is 17.7. The molecule has 4 heteroatoms. The fourth-order valence-corrected chi connectivity index (χ4v) is 8.97. The molecule has 0 fully saturated rings. The normalized spacial score (nSPS) is 12.0. The number of para-hydroxylation sites is 3. The fraction of sp³-hybridized carbons (Fsp3) is 0. The van der Waals surface area contributed by atoms with Gasteiger partial charge in [-0.05, 0) is 59.5 Å². The van der Waals surface area contributed by atoms with E-state index in [2.05, 4.69) is 157 Å². The van der Waals surface area contributed by atoms with E-state index in [0.717, 1.165) is 82.8 Å². The maximum absolute atomic E-state index is 6.72. The summed E-state index contributed by atoms with van der Waals surface area (Å²) in [6.45, 7) is 0. The second kappa shape index (κ2) is 10.6. The number of rotatable bonds is 4. The molecule has 50 heavy (non-hydrogen) atoms. The minimum absolute atomic E-state index is 0.846. The molecule has 0 aliphatic carbocycles. The van der Waals surface area contributed by atoms with Gasteiger partial charge in [0.2, 0.25) is 0 Å². The first kappa shape index (κ1) is 27.6. The maximum atomic E-state index is 6.72. The summed E-state index contributed by atoms with van der Waals surface area (Å²) in [5.74, 6) is 0. The number of hydrogen-bond donors (Lipinski definition) is 0. The highest BCUT2D eigenvalue weighted by molar-refractivity contribution is 7.25. The largest absolute Gasteiger partial charge is 0.455 e. The van der Waals surface area contributed by atoms with Gasteiger partial charge in [-0.2, -0.15) is 0 Å². The van der Waals surface area contributed by atoms with Gasteiger partial charge in [0.25, 0.3) is 0 Å². The molecule has 3 heterocycles. The summed E-state index contributed by atoms with van der Waals surface area (Å²) in [7, 11) is 0. The lowest BCUT2D eigenvalue weighted by atomic mass is 9.99. The summed E-state index contributed by atoms with van der Waals surface area (Å²) in [4.78, 5) is 2.38. The Kier molecular flexibility index (Phi) is 5.83. The maximum Gasteiger partial charge on any atom is 0.159 e. The van der Waals surface area contributed by atoms with Crippen LogP contribution in [0.25, 0.3) is 85.9 Å². The second-order valence-corrected chi connectivity index (χ2v) is 13.9. The van der Waals surface area contributed by atoms with Gasteiger partial charge in [0.15, 0.2) is 5.58 Å². The summed E-state index contributed by atoms with van der Waals surface area (Å²) in [6.07, 6.45) is 0. The molecule has 0 bridgehead atoms. The second-order valence-electron chi connectivity index (χ2n) is 12.8. The number of fused-ring (bicyclic) bond motifs is 11. The summed E-state index contributed by atoms with van der Waals surface area (Å²) in [5, 5.41) is 9.20. The van der Waals surface area contributed by atoms with Crippen molar-refractivity contribution >= 4 is 103 Å². The van der Waals surface area contributed by atoms with Crippen LogP contribution in [0.2, 0.25) is 0 Å². The van der Waals surface area contributed by atoms with E-state index in [0.29, 0.717) is 0 Å². The quantitative estimate of drug-likeness (QED) is 0.189. The first-order valence-electron chi connectivity index (χ1n) is 16.8. The SMILES string of the molecule is c1ccc(N(c2cccc3c2oc2ccccc23)c2cccc3oc4c5ccccc5ccc4c23)c(-c2ccc3c(c2)sc2ccccc23)c1. The molecule has 3 nitrogen and oxygen atoms in total. The van der Waals surface area contributed by atoms with Crippen molar-refractivity contribution in [1.29, 1.82) is 0 Å². The number of thiophene rings is 1. The van der Waals surface area contributed by atoms with Gasteiger partial charge in [0, 0.05) is 47.3 Å². The summed E-state index contributed by atoms with van der Waals surface area (Å²) < 4.78 is 16.0.